The first kappa shape index (κ1) is 10.9. The van der Waals surface area contributed by atoms with E-state index in [4.69, 9.17) is 0 Å². The molecule has 0 aliphatic rings. The Kier molecular flexibility index (Phi) is 4.15. The maximum Gasteiger partial charge on any atom is 0.105 e. The van der Waals surface area contributed by atoms with Crippen LogP contribution in [0.3, 0.4) is 0 Å². The van der Waals surface area contributed by atoms with E-state index < -0.39 is 12.2 Å². The Morgan fingerprint density at radius 3 is 2.62 bits per heavy atom. The van der Waals surface area contributed by atoms with E-state index >= 15 is 0 Å². The molecule has 0 aliphatic heterocycles. The van der Waals surface area contributed by atoms with Crippen molar-refractivity contribution in [1.29, 1.82) is 0 Å². The molecule has 13 heavy (non-hydrogen) atoms. The first-order chi connectivity index (χ1) is 6.15. The van der Waals surface area contributed by atoms with Crippen molar-refractivity contribution in [3.05, 3.63) is 33.4 Å². The fraction of sp³-hybridized carbons (Fsp3) is 0.400. The Labute approximate surface area is 91.7 Å². The van der Waals surface area contributed by atoms with Gasteiger partial charge in [0.25, 0.3) is 0 Å². The molecule has 0 spiro atoms. The van der Waals surface area contributed by atoms with Crippen LogP contribution in [0.4, 0.5) is 0 Å². The molecule has 0 saturated heterocycles. The highest BCUT2D eigenvalue weighted by atomic mass is 127. The fourth-order valence-corrected chi connectivity index (χ4v) is 1.70. The standard InChI is InChI=1S/C10H13IO2/c1-2-9(12)10(13)7-4-3-5-8(11)6-7/h3-6,9-10,12-13H,2H2,1H3. The van der Waals surface area contributed by atoms with E-state index in [1.165, 1.54) is 0 Å². The lowest BCUT2D eigenvalue weighted by molar-refractivity contribution is 0.0164. The monoisotopic (exact) mass is 292 g/mol. The second kappa shape index (κ2) is 4.93. The first-order valence-corrected chi connectivity index (χ1v) is 5.34. The number of aliphatic hydroxyl groups is 2. The minimum absolute atomic E-state index is 0.562. The topological polar surface area (TPSA) is 40.5 Å². The Morgan fingerprint density at radius 1 is 1.38 bits per heavy atom. The van der Waals surface area contributed by atoms with E-state index in [1.807, 2.05) is 31.2 Å². The molecular weight excluding hydrogens is 279 g/mol. The van der Waals surface area contributed by atoms with Crippen molar-refractivity contribution in [1.82, 2.24) is 0 Å². The number of hydrogen-bond acceptors (Lipinski definition) is 2. The van der Waals surface area contributed by atoms with E-state index in [9.17, 15) is 10.2 Å². The number of hydrogen-bond donors (Lipinski definition) is 2. The average molecular weight is 292 g/mol. The second-order valence-corrected chi connectivity index (χ2v) is 4.22. The van der Waals surface area contributed by atoms with Crippen LogP contribution in [0.15, 0.2) is 24.3 Å². The van der Waals surface area contributed by atoms with Gasteiger partial charge in [0.15, 0.2) is 0 Å². The van der Waals surface area contributed by atoms with Gasteiger partial charge in [0.2, 0.25) is 0 Å². The summed E-state index contributed by atoms with van der Waals surface area (Å²) in [5.74, 6) is 0. The molecule has 1 rings (SSSR count). The van der Waals surface area contributed by atoms with Crippen LogP contribution in [0.5, 0.6) is 0 Å². The molecule has 1 aromatic rings. The maximum absolute atomic E-state index is 9.66. The number of rotatable bonds is 3. The van der Waals surface area contributed by atoms with Crippen LogP contribution < -0.4 is 0 Å². The summed E-state index contributed by atoms with van der Waals surface area (Å²) in [6.07, 6.45) is -0.870. The van der Waals surface area contributed by atoms with E-state index in [0.717, 1.165) is 9.13 Å². The summed E-state index contributed by atoms with van der Waals surface area (Å²) in [6.45, 7) is 1.85. The van der Waals surface area contributed by atoms with E-state index in [1.54, 1.807) is 0 Å². The van der Waals surface area contributed by atoms with Gasteiger partial charge in [-0.05, 0) is 46.7 Å². The van der Waals surface area contributed by atoms with Crippen molar-refractivity contribution in [3.63, 3.8) is 0 Å². The Hall–Kier alpha value is -0.130. The van der Waals surface area contributed by atoms with Gasteiger partial charge in [-0.15, -0.1) is 0 Å². The summed E-state index contributed by atoms with van der Waals surface area (Å²) in [7, 11) is 0. The van der Waals surface area contributed by atoms with Crippen molar-refractivity contribution >= 4 is 22.6 Å². The SMILES string of the molecule is CCC(O)C(O)c1cccc(I)c1. The van der Waals surface area contributed by atoms with Crippen LogP contribution in [-0.2, 0) is 0 Å². The smallest absolute Gasteiger partial charge is 0.105 e. The Morgan fingerprint density at radius 2 is 2.08 bits per heavy atom. The van der Waals surface area contributed by atoms with Gasteiger partial charge < -0.3 is 10.2 Å². The lowest BCUT2D eigenvalue weighted by Gasteiger charge is -2.16. The summed E-state index contributed by atoms with van der Waals surface area (Å²) < 4.78 is 1.07. The van der Waals surface area contributed by atoms with Crippen LogP contribution in [0.2, 0.25) is 0 Å². The van der Waals surface area contributed by atoms with Crippen LogP contribution in [0.25, 0.3) is 0 Å². The lowest BCUT2D eigenvalue weighted by Crippen LogP contribution is -2.16. The van der Waals surface area contributed by atoms with Gasteiger partial charge in [-0.25, -0.2) is 0 Å². The highest BCUT2D eigenvalue weighted by molar-refractivity contribution is 14.1. The van der Waals surface area contributed by atoms with Crippen molar-refractivity contribution in [2.45, 2.75) is 25.6 Å². The third-order valence-electron chi connectivity index (χ3n) is 1.97. The highest BCUT2D eigenvalue weighted by Gasteiger charge is 2.15. The predicted octanol–water partition coefficient (Wildman–Crippen LogP) is 2.10. The van der Waals surface area contributed by atoms with Gasteiger partial charge in [0.1, 0.15) is 6.10 Å². The van der Waals surface area contributed by atoms with Crippen LogP contribution in [-0.4, -0.2) is 16.3 Å². The van der Waals surface area contributed by atoms with Gasteiger partial charge in [-0.2, -0.15) is 0 Å². The molecule has 0 aromatic heterocycles. The zero-order valence-electron chi connectivity index (χ0n) is 7.44. The largest absolute Gasteiger partial charge is 0.390 e. The molecule has 2 atom stereocenters. The third kappa shape index (κ3) is 2.93. The lowest BCUT2D eigenvalue weighted by atomic mass is 10.0. The minimum atomic E-state index is -0.764. The zero-order chi connectivity index (χ0) is 9.84. The van der Waals surface area contributed by atoms with Crippen LogP contribution >= 0.6 is 22.6 Å². The zero-order valence-corrected chi connectivity index (χ0v) is 9.60. The maximum atomic E-state index is 9.66. The van der Waals surface area contributed by atoms with Gasteiger partial charge >= 0.3 is 0 Å². The average Bonchev–Trinajstić information content (AvgIpc) is 2.15. The molecule has 2 nitrogen and oxygen atoms in total. The van der Waals surface area contributed by atoms with Crippen molar-refractivity contribution in [3.8, 4) is 0 Å². The minimum Gasteiger partial charge on any atom is -0.390 e. The molecule has 0 fully saturated rings. The molecular formula is C10H13IO2. The van der Waals surface area contributed by atoms with E-state index in [2.05, 4.69) is 22.6 Å². The molecule has 0 saturated carbocycles. The third-order valence-corrected chi connectivity index (χ3v) is 2.64. The quantitative estimate of drug-likeness (QED) is 0.838. The van der Waals surface area contributed by atoms with Crippen LogP contribution in [0, 0.1) is 3.57 Å². The number of halogens is 1. The highest BCUT2D eigenvalue weighted by Crippen LogP contribution is 2.20. The molecule has 2 N–H and O–H groups in total. The molecule has 1 aromatic carbocycles. The first-order valence-electron chi connectivity index (χ1n) is 4.26. The Bertz CT molecular complexity index is 275. The predicted molar refractivity (Wildman–Crippen MR) is 60.4 cm³/mol. The van der Waals surface area contributed by atoms with Crippen LogP contribution in [0.1, 0.15) is 25.0 Å². The molecule has 72 valence electrons. The summed E-state index contributed by atoms with van der Waals surface area (Å²) in [4.78, 5) is 0. The molecule has 0 bridgehead atoms. The van der Waals surface area contributed by atoms with Gasteiger partial charge in [0.05, 0.1) is 6.10 Å². The van der Waals surface area contributed by atoms with Crippen molar-refractivity contribution < 1.29 is 10.2 Å². The number of benzene rings is 1. The number of aliphatic hydroxyl groups excluding tert-OH is 2. The molecule has 0 radical (unpaired) electrons. The van der Waals surface area contributed by atoms with E-state index in [-0.39, 0.29) is 0 Å². The van der Waals surface area contributed by atoms with Gasteiger partial charge in [-0.1, -0.05) is 19.1 Å². The summed E-state index contributed by atoms with van der Waals surface area (Å²) >= 11 is 2.18. The van der Waals surface area contributed by atoms with E-state index in [0.29, 0.717) is 6.42 Å². The van der Waals surface area contributed by atoms with Gasteiger partial charge in [-0.3, -0.25) is 0 Å². The molecule has 2 unspecified atom stereocenters. The normalized spacial score (nSPS) is 15.4. The van der Waals surface area contributed by atoms with Gasteiger partial charge in [0, 0.05) is 3.57 Å². The molecule has 0 aliphatic carbocycles. The summed E-state index contributed by atoms with van der Waals surface area (Å²) in [5.41, 5.74) is 0.779. The Balaban J connectivity index is 2.82. The summed E-state index contributed by atoms with van der Waals surface area (Å²) in [6, 6.07) is 7.54. The van der Waals surface area contributed by atoms with Crippen molar-refractivity contribution in [2.24, 2.45) is 0 Å². The van der Waals surface area contributed by atoms with Crippen molar-refractivity contribution in [2.75, 3.05) is 0 Å². The molecule has 0 amide bonds. The molecule has 0 heterocycles. The molecule has 3 heteroatoms. The fourth-order valence-electron chi connectivity index (χ4n) is 1.14. The summed E-state index contributed by atoms with van der Waals surface area (Å²) in [5, 5.41) is 19.1. The second-order valence-electron chi connectivity index (χ2n) is 2.98.